The maximum Gasteiger partial charge on any atom is 0.407 e. The van der Waals surface area contributed by atoms with E-state index in [1.165, 1.54) is 4.90 Å². The summed E-state index contributed by atoms with van der Waals surface area (Å²) < 4.78 is 6.14. The number of hydrogen-bond donors (Lipinski definition) is 3. The number of carboxylic acid groups (broad SMARTS) is 1. The summed E-state index contributed by atoms with van der Waals surface area (Å²) >= 11 is 0. The minimum absolute atomic E-state index is 0.351. The first-order valence-electron chi connectivity index (χ1n) is 11.0. The molecule has 0 bridgehead atoms. The number of hydrogen-bond acceptors (Lipinski definition) is 5. The van der Waals surface area contributed by atoms with Crippen LogP contribution in [-0.4, -0.2) is 37.8 Å². The van der Waals surface area contributed by atoms with Crippen LogP contribution in [0.4, 0.5) is 10.5 Å². The van der Waals surface area contributed by atoms with Gasteiger partial charge in [0.15, 0.2) is 5.65 Å². The van der Waals surface area contributed by atoms with E-state index in [1.54, 1.807) is 6.20 Å². The zero-order valence-corrected chi connectivity index (χ0v) is 18.1. The van der Waals surface area contributed by atoms with Gasteiger partial charge in [0.2, 0.25) is 0 Å². The lowest BCUT2D eigenvalue weighted by Gasteiger charge is -2.35. The number of fused-ring (bicyclic) bond motifs is 1. The lowest BCUT2D eigenvalue weighted by molar-refractivity contribution is 0.107. The number of aromatic nitrogens is 3. The van der Waals surface area contributed by atoms with E-state index in [4.69, 9.17) is 15.5 Å². The number of nitrogens with zero attached hydrogens (tertiary/aromatic N) is 3. The highest BCUT2D eigenvalue weighted by atomic mass is 16.5. The van der Waals surface area contributed by atoms with Gasteiger partial charge in [0.25, 0.3) is 0 Å². The quantitative estimate of drug-likeness (QED) is 0.400. The number of carbonyl (C=O) groups is 1. The Morgan fingerprint density at radius 3 is 2.76 bits per heavy atom. The lowest BCUT2D eigenvalue weighted by Crippen LogP contribution is -2.37. The Hall–Kier alpha value is -4.07. The highest BCUT2D eigenvalue weighted by molar-refractivity contribution is 5.92. The number of amides is 1. The van der Waals surface area contributed by atoms with Crippen LogP contribution in [0.15, 0.2) is 60.8 Å². The van der Waals surface area contributed by atoms with Crippen molar-refractivity contribution in [3.05, 3.63) is 71.9 Å². The summed E-state index contributed by atoms with van der Waals surface area (Å²) in [5.41, 5.74) is 10.9. The van der Waals surface area contributed by atoms with Gasteiger partial charge in [-0.15, -0.1) is 0 Å². The number of nitrogen functional groups attached to an aromatic ring is 1. The number of para-hydroxylation sites is 1. The van der Waals surface area contributed by atoms with Gasteiger partial charge >= 0.3 is 6.09 Å². The predicted molar refractivity (Wildman–Crippen MR) is 126 cm³/mol. The van der Waals surface area contributed by atoms with Crippen LogP contribution in [0, 0.1) is 0 Å². The Balaban J connectivity index is 1.60. The van der Waals surface area contributed by atoms with E-state index in [2.05, 4.69) is 10.2 Å². The molecule has 3 heterocycles. The van der Waals surface area contributed by atoms with Gasteiger partial charge in [0.1, 0.15) is 12.4 Å². The molecule has 4 aromatic rings. The van der Waals surface area contributed by atoms with Crippen molar-refractivity contribution in [1.29, 1.82) is 0 Å². The summed E-state index contributed by atoms with van der Waals surface area (Å²) in [7, 11) is 0. The van der Waals surface area contributed by atoms with E-state index in [0.717, 1.165) is 34.9 Å². The molecule has 2 aromatic carbocycles. The average molecular weight is 444 g/mol. The summed E-state index contributed by atoms with van der Waals surface area (Å²) in [6.07, 6.45) is 3.20. The van der Waals surface area contributed by atoms with E-state index in [0.29, 0.717) is 42.4 Å². The van der Waals surface area contributed by atoms with E-state index in [1.807, 2.05) is 54.6 Å². The van der Waals surface area contributed by atoms with Crippen molar-refractivity contribution in [2.24, 2.45) is 0 Å². The monoisotopic (exact) mass is 443 g/mol. The van der Waals surface area contributed by atoms with Gasteiger partial charge in [-0.2, -0.15) is 5.10 Å². The molecule has 2 aromatic heterocycles. The van der Waals surface area contributed by atoms with Crippen molar-refractivity contribution in [2.75, 3.05) is 12.3 Å². The standard InChI is InChI=1S/C25H25N5O3/c26-22-21(19-11-6-7-13-30(19)25(31)32)18-14-27-29-24(18)28-23(22)17-10-4-5-12-20(17)33-15-16-8-2-1-3-9-16/h1-5,8-10,12,14,19H,6-7,11,13,15,26H2,(H,31,32)(H,27,28,29). The van der Waals surface area contributed by atoms with Crippen LogP contribution in [0.3, 0.4) is 0 Å². The molecule has 1 unspecified atom stereocenters. The topological polar surface area (TPSA) is 117 Å². The number of H-pyrrole nitrogens is 1. The largest absolute Gasteiger partial charge is 0.488 e. The molecule has 1 fully saturated rings. The second kappa shape index (κ2) is 8.82. The van der Waals surface area contributed by atoms with Crippen LogP contribution in [0.1, 0.15) is 36.4 Å². The van der Waals surface area contributed by atoms with Gasteiger partial charge in [-0.3, -0.25) is 5.10 Å². The SMILES string of the molecule is Nc1c(-c2ccccc2OCc2ccccc2)nc2[nH]ncc2c1C1CCCCN1C(=O)O. The van der Waals surface area contributed by atoms with Gasteiger partial charge in [0.05, 0.1) is 23.6 Å². The van der Waals surface area contributed by atoms with Crippen LogP contribution in [0.2, 0.25) is 0 Å². The highest BCUT2D eigenvalue weighted by Gasteiger charge is 2.32. The number of rotatable bonds is 5. The molecule has 1 amide bonds. The third-order valence-electron chi connectivity index (χ3n) is 6.14. The van der Waals surface area contributed by atoms with Gasteiger partial charge in [0, 0.05) is 23.1 Å². The second-order valence-electron chi connectivity index (χ2n) is 8.18. The molecule has 0 spiro atoms. The average Bonchev–Trinajstić information content (AvgIpc) is 3.31. The fourth-order valence-electron chi connectivity index (χ4n) is 4.55. The number of anilines is 1. The Morgan fingerprint density at radius 2 is 1.94 bits per heavy atom. The smallest absolute Gasteiger partial charge is 0.407 e. The Morgan fingerprint density at radius 1 is 1.15 bits per heavy atom. The molecule has 8 nitrogen and oxygen atoms in total. The minimum Gasteiger partial charge on any atom is -0.488 e. The Bertz CT molecular complexity index is 1290. The summed E-state index contributed by atoms with van der Waals surface area (Å²) in [5.74, 6) is 0.657. The van der Waals surface area contributed by atoms with Gasteiger partial charge in [-0.1, -0.05) is 42.5 Å². The fourth-order valence-corrected chi connectivity index (χ4v) is 4.55. The summed E-state index contributed by atoms with van der Waals surface area (Å²) in [4.78, 5) is 18.2. The summed E-state index contributed by atoms with van der Waals surface area (Å²) in [6, 6.07) is 17.2. The van der Waals surface area contributed by atoms with Crippen LogP contribution < -0.4 is 10.5 Å². The Kier molecular flexibility index (Phi) is 5.56. The minimum atomic E-state index is -0.944. The molecule has 1 saturated heterocycles. The molecular weight excluding hydrogens is 418 g/mol. The van der Waals surface area contributed by atoms with Crippen molar-refractivity contribution in [2.45, 2.75) is 31.9 Å². The molecule has 1 atom stereocenters. The van der Waals surface area contributed by atoms with E-state index in [-0.39, 0.29) is 6.04 Å². The first-order valence-corrected chi connectivity index (χ1v) is 11.0. The lowest BCUT2D eigenvalue weighted by atomic mass is 9.91. The van der Waals surface area contributed by atoms with E-state index < -0.39 is 6.09 Å². The number of ether oxygens (including phenoxy) is 1. The molecule has 5 rings (SSSR count). The number of pyridine rings is 1. The van der Waals surface area contributed by atoms with Crippen LogP contribution >= 0.6 is 0 Å². The molecule has 0 aliphatic carbocycles. The molecule has 0 saturated carbocycles. The fraction of sp³-hybridized carbons (Fsp3) is 0.240. The van der Waals surface area contributed by atoms with Crippen molar-refractivity contribution < 1.29 is 14.6 Å². The first kappa shape index (κ1) is 20.8. The van der Waals surface area contributed by atoms with Crippen LogP contribution in [0.5, 0.6) is 5.75 Å². The zero-order chi connectivity index (χ0) is 22.8. The molecule has 168 valence electrons. The zero-order valence-electron chi connectivity index (χ0n) is 18.1. The number of aromatic amines is 1. The number of nitrogens with two attached hydrogens (primary N) is 1. The maximum atomic E-state index is 12.0. The van der Waals surface area contributed by atoms with E-state index >= 15 is 0 Å². The summed E-state index contributed by atoms with van der Waals surface area (Å²) in [5, 5.41) is 17.7. The predicted octanol–water partition coefficient (Wildman–Crippen LogP) is 4.99. The molecular formula is C25H25N5O3. The third-order valence-corrected chi connectivity index (χ3v) is 6.14. The third kappa shape index (κ3) is 3.95. The molecule has 1 aliphatic heterocycles. The number of benzene rings is 2. The normalized spacial score (nSPS) is 16.1. The summed E-state index contributed by atoms with van der Waals surface area (Å²) in [6.45, 7) is 0.888. The number of likely N-dealkylation sites (tertiary alicyclic amines) is 1. The van der Waals surface area contributed by atoms with Crippen LogP contribution in [0.25, 0.3) is 22.3 Å². The van der Waals surface area contributed by atoms with Crippen molar-refractivity contribution in [3.63, 3.8) is 0 Å². The van der Waals surface area contributed by atoms with Gasteiger partial charge in [-0.25, -0.2) is 9.78 Å². The van der Waals surface area contributed by atoms with Crippen molar-refractivity contribution in [1.82, 2.24) is 20.1 Å². The highest BCUT2D eigenvalue weighted by Crippen LogP contribution is 2.43. The number of piperidine rings is 1. The van der Waals surface area contributed by atoms with Gasteiger partial charge in [-0.05, 0) is 37.0 Å². The van der Waals surface area contributed by atoms with Crippen LogP contribution in [-0.2, 0) is 6.61 Å². The molecule has 8 heteroatoms. The second-order valence-corrected chi connectivity index (χ2v) is 8.18. The Labute approximate surface area is 191 Å². The van der Waals surface area contributed by atoms with Crippen molar-refractivity contribution in [3.8, 4) is 17.0 Å². The first-order chi connectivity index (χ1) is 16.1. The molecule has 1 aliphatic rings. The molecule has 33 heavy (non-hydrogen) atoms. The van der Waals surface area contributed by atoms with Crippen molar-refractivity contribution >= 4 is 22.8 Å². The molecule has 4 N–H and O–H groups in total. The maximum absolute atomic E-state index is 12.0. The molecule has 0 radical (unpaired) electrons. The number of nitrogens with one attached hydrogen (secondary N) is 1. The van der Waals surface area contributed by atoms with E-state index in [9.17, 15) is 9.90 Å². The van der Waals surface area contributed by atoms with Gasteiger partial charge < -0.3 is 20.5 Å².